The molecule has 1 saturated heterocycles. The number of hydrogen-bond donors (Lipinski definition) is 1. The summed E-state index contributed by atoms with van der Waals surface area (Å²) in [7, 11) is 0. The molecule has 0 saturated carbocycles. The van der Waals surface area contributed by atoms with Gasteiger partial charge in [-0.2, -0.15) is 0 Å². The Labute approximate surface area is 150 Å². The molecule has 7 heteroatoms. The summed E-state index contributed by atoms with van der Waals surface area (Å²) in [5.41, 5.74) is 2.43. The Morgan fingerprint density at radius 3 is 2.77 bits per heavy atom. The normalized spacial score (nSPS) is 14.4. The molecule has 0 bridgehead atoms. The van der Waals surface area contributed by atoms with Crippen molar-refractivity contribution in [2.24, 2.45) is 0 Å². The lowest BCUT2D eigenvalue weighted by Crippen LogP contribution is -2.40. The average Bonchev–Trinajstić information content (AvgIpc) is 3.16. The van der Waals surface area contributed by atoms with Crippen LogP contribution in [0.1, 0.15) is 20.7 Å². The summed E-state index contributed by atoms with van der Waals surface area (Å²) < 4.78 is 7.06. The molecule has 2 amide bonds. The molecule has 3 aromatic rings. The number of morpholine rings is 1. The molecule has 26 heavy (non-hydrogen) atoms. The Hall–Kier alpha value is -3.19. The maximum Gasteiger partial charge on any atom is 0.257 e. The van der Waals surface area contributed by atoms with Gasteiger partial charge in [0.1, 0.15) is 5.65 Å². The van der Waals surface area contributed by atoms with E-state index in [4.69, 9.17) is 4.74 Å². The maximum atomic E-state index is 12.6. The van der Waals surface area contributed by atoms with Gasteiger partial charge in [-0.1, -0.05) is 6.07 Å². The number of nitrogens with zero attached hydrogens (tertiary/aromatic N) is 3. The number of imidazole rings is 1. The molecule has 0 aliphatic carbocycles. The molecular formula is C19H18N4O3. The average molecular weight is 350 g/mol. The van der Waals surface area contributed by atoms with Gasteiger partial charge < -0.3 is 19.4 Å². The van der Waals surface area contributed by atoms with Crippen LogP contribution in [0.4, 0.5) is 5.69 Å². The first-order valence-corrected chi connectivity index (χ1v) is 8.42. The van der Waals surface area contributed by atoms with Crippen molar-refractivity contribution < 1.29 is 14.3 Å². The number of carbonyl (C=O) groups is 2. The van der Waals surface area contributed by atoms with Gasteiger partial charge in [0.05, 0.1) is 18.8 Å². The van der Waals surface area contributed by atoms with Gasteiger partial charge in [0, 0.05) is 42.9 Å². The number of fused-ring (bicyclic) bond motifs is 1. The van der Waals surface area contributed by atoms with Gasteiger partial charge in [-0.3, -0.25) is 9.59 Å². The maximum absolute atomic E-state index is 12.6. The summed E-state index contributed by atoms with van der Waals surface area (Å²) in [5.74, 6) is -0.291. The highest BCUT2D eigenvalue weighted by Crippen LogP contribution is 2.15. The summed E-state index contributed by atoms with van der Waals surface area (Å²) in [6.45, 7) is 2.28. The standard InChI is InChI=1S/C19H18N4O3/c24-18(15-4-5-17-20-6-7-23(17)13-15)21-16-3-1-2-14(12-16)19(25)22-8-10-26-11-9-22/h1-7,12-13H,8-11H2,(H,21,24). The molecule has 1 fully saturated rings. The summed E-state index contributed by atoms with van der Waals surface area (Å²) >= 11 is 0. The second kappa shape index (κ2) is 6.97. The number of anilines is 1. The minimum Gasteiger partial charge on any atom is -0.378 e. The number of hydrogen-bond acceptors (Lipinski definition) is 4. The molecule has 0 atom stereocenters. The van der Waals surface area contributed by atoms with Gasteiger partial charge in [-0.15, -0.1) is 0 Å². The Kier molecular flexibility index (Phi) is 4.37. The Balaban J connectivity index is 1.50. The summed E-state index contributed by atoms with van der Waals surface area (Å²) in [6.07, 6.45) is 5.19. The molecule has 3 heterocycles. The van der Waals surface area contributed by atoms with E-state index in [0.29, 0.717) is 43.1 Å². The molecule has 0 unspecified atom stereocenters. The lowest BCUT2D eigenvalue weighted by Gasteiger charge is -2.27. The number of ether oxygens (including phenoxy) is 1. The van der Waals surface area contributed by atoms with Crippen LogP contribution in [-0.4, -0.2) is 52.4 Å². The number of benzene rings is 1. The van der Waals surface area contributed by atoms with Gasteiger partial charge in [-0.05, 0) is 30.3 Å². The third kappa shape index (κ3) is 3.29. The quantitative estimate of drug-likeness (QED) is 0.784. The predicted octanol–water partition coefficient (Wildman–Crippen LogP) is 2.06. The van der Waals surface area contributed by atoms with Crippen LogP contribution in [0.15, 0.2) is 55.0 Å². The second-order valence-corrected chi connectivity index (χ2v) is 6.05. The Morgan fingerprint density at radius 1 is 1.08 bits per heavy atom. The van der Waals surface area contributed by atoms with Crippen LogP contribution in [0.2, 0.25) is 0 Å². The van der Waals surface area contributed by atoms with E-state index < -0.39 is 0 Å². The Bertz CT molecular complexity index is 960. The van der Waals surface area contributed by atoms with Gasteiger partial charge in [0.2, 0.25) is 0 Å². The molecule has 132 valence electrons. The van der Waals surface area contributed by atoms with E-state index >= 15 is 0 Å². The van der Waals surface area contributed by atoms with Crippen LogP contribution in [-0.2, 0) is 4.74 Å². The number of amides is 2. The minimum atomic E-state index is -0.239. The van der Waals surface area contributed by atoms with Gasteiger partial charge in [0.15, 0.2) is 0 Å². The molecule has 1 N–H and O–H groups in total. The largest absolute Gasteiger partial charge is 0.378 e. The zero-order valence-electron chi connectivity index (χ0n) is 14.1. The van der Waals surface area contributed by atoms with E-state index in [1.54, 1.807) is 64.3 Å². The fraction of sp³-hybridized carbons (Fsp3) is 0.211. The third-order valence-corrected chi connectivity index (χ3v) is 4.32. The SMILES string of the molecule is O=C(Nc1cccc(C(=O)N2CCOCC2)c1)c1ccc2nccn2c1. The zero-order chi connectivity index (χ0) is 17.9. The van der Waals surface area contributed by atoms with Crippen LogP contribution in [0.25, 0.3) is 5.65 Å². The first kappa shape index (κ1) is 16.3. The van der Waals surface area contributed by atoms with Crippen molar-refractivity contribution in [2.45, 2.75) is 0 Å². The zero-order valence-corrected chi connectivity index (χ0v) is 14.1. The number of carbonyl (C=O) groups excluding carboxylic acids is 2. The highest BCUT2D eigenvalue weighted by molar-refractivity contribution is 6.05. The van der Waals surface area contributed by atoms with Crippen molar-refractivity contribution in [3.05, 3.63) is 66.1 Å². The molecule has 2 aromatic heterocycles. The number of aromatic nitrogens is 2. The van der Waals surface area contributed by atoms with Crippen LogP contribution in [0, 0.1) is 0 Å². The van der Waals surface area contributed by atoms with Crippen molar-refractivity contribution in [1.82, 2.24) is 14.3 Å². The molecule has 7 nitrogen and oxygen atoms in total. The van der Waals surface area contributed by atoms with Gasteiger partial charge in [0.25, 0.3) is 11.8 Å². The lowest BCUT2D eigenvalue weighted by atomic mass is 10.1. The molecule has 4 rings (SSSR count). The topological polar surface area (TPSA) is 75.9 Å². The smallest absolute Gasteiger partial charge is 0.257 e. The predicted molar refractivity (Wildman–Crippen MR) is 96.3 cm³/mol. The number of rotatable bonds is 3. The van der Waals surface area contributed by atoms with Crippen LogP contribution >= 0.6 is 0 Å². The summed E-state index contributed by atoms with van der Waals surface area (Å²) in [5, 5.41) is 2.85. The fourth-order valence-electron chi connectivity index (χ4n) is 2.94. The van der Waals surface area contributed by atoms with Crippen molar-refractivity contribution >= 4 is 23.1 Å². The molecule has 0 spiro atoms. The highest BCUT2D eigenvalue weighted by Gasteiger charge is 2.19. The van der Waals surface area contributed by atoms with E-state index in [1.165, 1.54) is 0 Å². The van der Waals surface area contributed by atoms with Gasteiger partial charge in [-0.25, -0.2) is 4.98 Å². The van der Waals surface area contributed by atoms with Crippen molar-refractivity contribution in [1.29, 1.82) is 0 Å². The summed E-state index contributed by atoms with van der Waals surface area (Å²) in [6, 6.07) is 10.5. The summed E-state index contributed by atoms with van der Waals surface area (Å²) in [4.78, 5) is 31.0. The van der Waals surface area contributed by atoms with Crippen molar-refractivity contribution in [3.8, 4) is 0 Å². The fourth-order valence-corrected chi connectivity index (χ4v) is 2.94. The molecule has 1 aliphatic rings. The highest BCUT2D eigenvalue weighted by atomic mass is 16.5. The minimum absolute atomic E-state index is 0.0516. The number of pyridine rings is 1. The van der Waals surface area contributed by atoms with Gasteiger partial charge >= 0.3 is 0 Å². The molecule has 1 aliphatic heterocycles. The van der Waals surface area contributed by atoms with Crippen LogP contribution < -0.4 is 5.32 Å². The van der Waals surface area contributed by atoms with E-state index in [0.717, 1.165) is 5.65 Å². The van der Waals surface area contributed by atoms with E-state index in [9.17, 15) is 9.59 Å². The van der Waals surface area contributed by atoms with E-state index in [-0.39, 0.29) is 11.8 Å². The van der Waals surface area contributed by atoms with Crippen LogP contribution in [0.5, 0.6) is 0 Å². The molecular weight excluding hydrogens is 332 g/mol. The monoisotopic (exact) mass is 350 g/mol. The van der Waals surface area contributed by atoms with Crippen molar-refractivity contribution in [2.75, 3.05) is 31.6 Å². The second-order valence-electron chi connectivity index (χ2n) is 6.05. The number of nitrogens with one attached hydrogen (secondary N) is 1. The molecule has 0 radical (unpaired) electrons. The first-order valence-electron chi connectivity index (χ1n) is 8.42. The Morgan fingerprint density at radius 2 is 1.92 bits per heavy atom. The lowest BCUT2D eigenvalue weighted by molar-refractivity contribution is 0.0303. The van der Waals surface area contributed by atoms with E-state index in [2.05, 4.69) is 10.3 Å². The first-order chi connectivity index (χ1) is 12.7. The van der Waals surface area contributed by atoms with Crippen molar-refractivity contribution in [3.63, 3.8) is 0 Å². The molecule has 1 aromatic carbocycles. The van der Waals surface area contributed by atoms with Crippen LogP contribution in [0.3, 0.4) is 0 Å². The third-order valence-electron chi connectivity index (χ3n) is 4.32. The van der Waals surface area contributed by atoms with E-state index in [1.807, 2.05) is 0 Å².